The molecule has 1 aliphatic heterocycles. The Labute approximate surface area is 157 Å². The lowest BCUT2D eigenvalue weighted by Gasteiger charge is -2.39. The standard InChI is InChI=1S/C22H28O3S/c1-3-5-15-22(4-2)16-26(24,25)19-14-10-9-13-18(19)20(21(22)23)17-11-7-6-8-12-17/h6-14,20-21,23H,3-5,15-16H2,1-2H3/t20-,21+,22-/m1/s1. The number of unbranched alkanes of at least 4 members (excludes halogenated alkanes) is 1. The highest BCUT2D eigenvalue weighted by Crippen LogP contribution is 2.48. The molecule has 0 bridgehead atoms. The molecule has 0 saturated heterocycles. The van der Waals surface area contributed by atoms with Crippen LogP contribution in [0.25, 0.3) is 0 Å². The Morgan fingerprint density at radius 3 is 2.35 bits per heavy atom. The van der Waals surface area contributed by atoms with Crippen LogP contribution in [-0.2, 0) is 9.84 Å². The first-order chi connectivity index (χ1) is 12.4. The average molecular weight is 373 g/mol. The van der Waals surface area contributed by atoms with E-state index in [-0.39, 0.29) is 11.7 Å². The molecule has 0 spiro atoms. The van der Waals surface area contributed by atoms with Gasteiger partial charge >= 0.3 is 0 Å². The first kappa shape index (κ1) is 19.1. The van der Waals surface area contributed by atoms with Gasteiger partial charge in [0.15, 0.2) is 9.84 Å². The number of hydrogen-bond donors (Lipinski definition) is 1. The number of rotatable bonds is 5. The largest absolute Gasteiger partial charge is 0.392 e. The van der Waals surface area contributed by atoms with Gasteiger partial charge in [0, 0.05) is 11.3 Å². The second-order valence-electron chi connectivity index (χ2n) is 7.45. The van der Waals surface area contributed by atoms with E-state index in [1.54, 1.807) is 12.1 Å². The molecule has 1 N–H and O–H groups in total. The van der Waals surface area contributed by atoms with Crippen molar-refractivity contribution in [3.63, 3.8) is 0 Å². The van der Waals surface area contributed by atoms with Gasteiger partial charge in [-0.25, -0.2) is 8.42 Å². The molecule has 0 amide bonds. The molecule has 2 aromatic carbocycles. The second-order valence-corrected chi connectivity index (χ2v) is 9.41. The summed E-state index contributed by atoms with van der Waals surface area (Å²) in [4.78, 5) is 0.375. The van der Waals surface area contributed by atoms with Gasteiger partial charge in [0.2, 0.25) is 0 Å². The van der Waals surface area contributed by atoms with Crippen molar-refractivity contribution in [2.45, 2.75) is 56.4 Å². The minimum atomic E-state index is -3.46. The number of benzene rings is 2. The van der Waals surface area contributed by atoms with Gasteiger partial charge in [-0.05, 0) is 30.0 Å². The molecular weight excluding hydrogens is 344 g/mol. The Morgan fingerprint density at radius 1 is 1.04 bits per heavy atom. The lowest BCUT2D eigenvalue weighted by Crippen LogP contribution is -2.42. The summed E-state index contributed by atoms with van der Waals surface area (Å²) in [6, 6.07) is 17.0. The molecule has 0 unspecified atom stereocenters. The Balaban J connectivity index is 2.25. The highest BCUT2D eigenvalue weighted by molar-refractivity contribution is 7.91. The first-order valence-electron chi connectivity index (χ1n) is 9.50. The summed E-state index contributed by atoms with van der Waals surface area (Å²) in [5, 5.41) is 11.6. The third-order valence-electron chi connectivity index (χ3n) is 5.90. The van der Waals surface area contributed by atoms with E-state index < -0.39 is 21.4 Å². The topological polar surface area (TPSA) is 54.4 Å². The van der Waals surface area contributed by atoms with E-state index in [9.17, 15) is 13.5 Å². The van der Waals surface area contributed by atoms with Crippen LogP contribution in [-0.4, -0.2) is 25.4 Å². The molecule has 0 saturated carbocycles. The van der Waals surface area contributed by atoms with Gasteiger partial charge in [-0.3, -0.25) is 0 Å². The number of sulfone groups is 1. The lowest BCUT2D eigenvalue weighted by molar-refractivity contribution is 0.0174. The third kappa shape index (κ3) is 3.33. The molecule has 0 aliphatic carbocycles. The fourth-order valence-electron chi connectivity index (χ4n) is 4.34. The molecule has 0 fully saturated rings. The molecule has 2 aromatic rings. The zero-order valence-corrected chi connectivity index (χ0v) is 16.4. The van der Waals surface area contributed by atoms with Gasteiger partial charge in [0.1, 0.15) is 0 Å². The van der Waals surface area contributed by atoms with Gasteiger partial charge in [-0.15, -0.1) is 0 Å². The van der Waals surface area contributed by atoms with Crippen molar-refractivity contribution in [1.82, 2.24) is 0 Å². The highest BCUT2D eigenvalue weighted by Gasteiger charge is 2.48. The number of aliphatic hydroxyl groups is 1. The molecule has 4 heteroatoms. The van der Waals surface area contributed by atoms with E-state index in [1.807, 2.05) is 49.4 Å². The van der Waals surface area contributed by atoms with Crippen molar-refractivity contribution >= 4 is 9.84 Å². The maximum atomic E-state index is 13.2. The van der Waals surface area contributed by atoms with Crippen LogP contribution < -0.4 is 0 Å². The van der Waals surface area contributed by atoms with Crippen LogP contribution in [0.4, 0.5) is 0 Å². The van der Waals surface area contributed by atoms with Crippen LogP contribution in [0.15, 0.2) is 59.5 Å². The first-order valence-corrected chi connectivity index (χ1v) is 11.1. The highest BCUT2D eigenvalue weighted by atomic mass is 32.2. The second kappa shape index (κ2) is 7.53. The Kier molecular flexibility index (Phi) is 5.54. The molecular formula is C22H28O3S. The zero-order chi connectivity index (χ0) is 18.8. The van der Waals surface area contributed by atoms with Crippen LogP contribution in [0.2, 0.25) is 0 Å². The van der Waals surface area contributed by atoms with Crippen LogP contribution in [0.3, 0.4) is 0 Å². The van der Waals surface area contributed by atoms with Crippen molar-refractivity contribution in [3.8, 4) is 0 Å². The van der Waals surface area contributed by atoms with E-state index in [0.29, 0.717) is 11.3 Å². The molecule has 140 valence electrons. The van der Waals surface area contributed by atoms with Gasteiger partial charge in [-0.2, -0.15) is 0 Å². The van der Waals surface area contributed by atoms with Gasteiger partial charge in [0.25, 0.3) is 0 Å². The van der Waals surface area contributed by atoms with Crippen molar-refractivity contribution < 1.29 is 13.5 Å². The van der Waals surface area contributed by atoms with E-state index >= 15 is 0 Å². The van der Waals surface area contributed by atoms with Crippen LogP contribution in [0.1, 0.15) is 56.6 Å². The van der Waals surface area contributed by atoms with E-state index in [2.05, 4.69) is 6.92 Å². The molecule has 3 nitrogen and oxygen atoms in total. The molecule has 0 radical (unpaired) electrons. The summed E-state index contributed by atoms with van der Waals surface area (Å²) in [5.74, 6) is -0.320. The van der Waals surface area contributed by atoms with Crippen molar-refractivity contribution in [3.05, 3.63) is 65.7 Å². The van der Waals surface area contributed by atoms with E-state index in [0.717, 1.165) is 30.4 Å². The van der Waals surface area contributed by atoms with Gasteiger partial charge < -0.3 is 5.11 Å². The van der Waals surface area contributed by atoms with Crippen LogP contribution >= 0.6 is 0 Å². The normalized spacial score (nSPS) is 27.5. The van der Waals surface area contributed by atoms with E-state index in [1.165, 1.54) is 0 Å². The SMILES string of the molecule is CCCC[C@]1(CC)CS(=O)(=O)c2ccccc2[C@@H](c2ccccc2)[C@@H]1O. The molecule has 3 rings (SSSR count). The summed E-state index contributed by atoms with van der Waals surface area (Å²) in [6.45, 7) is 4.11. The smallest absolute Gasteiger partial charge is 0.179 e. The lowest BCUT2D eigenvalue weighted by atomic mass is 9.69. The predicted molar refractivity (Wildman–Crippen MR) is 105 cm³/mol. The van der Waals surface area contributed by atoms with Gasteiger partial charge in [0.05, 0.1) is 16.8 Å². The van der Waals surface area contributed by atoms with Crippen molar-refractivity contribution in [2.75, 3.05) is 5.75 Å². The number of hydrogen-bond acceptors (Lipinski definition) is 3. The van der Waals surface area contributed by atoms with Crippen molar-refractivity contribution in [1.29, 1.82) is 0 Å². The van der Waals surface area contributed by atoms with Crippen LogP contribution in [0, 0.1) is 5.41 Å². The summed E-state index contributed by atoms with van der Waals surface area (Å²) < 4.78 is 26.5. The Hall–Kier alpha value is -1.65. The van der Waals surface area contributed by atoms with Crippen molar-refractivity contribution in [2.24, 2.45) is 5.41 Å². The minimum absolute atomic E-state index is 0.0119. The predicted octanol–water partition coefficient (Wildman–Crippen LogP) is 4.55. The fraction of sp³-hybridized carbons (Fsp3) is 0.455. The molecule has 1 aliphatic rings. The quantitative estimate of drug-likeness (QED) is 0.837. The summed E-state index contributed by atoms with van der Waals surface area (Å²) in [7, 11) is -3.46. The summed E-state index contributed by atoms with van der Waals surface area (Å²) in [6.07, 6.45) is 2.53. The van der Waals surface area contributed by atoms with E-state index in [4.69, 9.17) is 0 Å². The zero-order valence-electron chi connectivity index (χ0n) is 15.6. The Bertz CT molecular complexity index is 845. The third-order valence-corrected chi connectivity index (χ3v) is 7.90. The van der Waals surface area contributed by atoms with Gasteiger partial charge in [-0.1, -0.05) is 75.2 Å². The summed E-state index contributed by atoms with van der Waals surface area (Å²) in [5.41, 5.74) is 1.06. The number of fused-ring (bicyclic) bond motifs is 1. The maximum absolute atomic E-state index is 13.2. The average Bonchev–Trinajstić information content (AvgIpc) is 2.73. The number of aliphatic hydroxyl groups excluding tert-OH is 1. The van der Waals surface area contributed by atoms with Crippen LogP contribution in [0.5, 0.6) is 0 Å². The molecule has 26 heavy (non-hydrogen) atoms. The monoisotopic (exact) mass is 372 g/mol. The molecule has 1 heterocycles. The Morgan fingerprint density at radius 2 is 1.69 bits per heavy atom. The maximum Gasteiger partial charge on any atom is 0.179 e. The molecule has 0 aromatic heterocycles. The minimum Gasteiger partial charge on any atom is -0.392 e. The molecule has 3 atom stereocenters. The fourth-order valence-corrected chi connectivity index (χ4v) is 6.62. The summed E-state index contributed by atoms with van der Waals surface area (Å²) >= 11 is 0.